The van der Waals surface area contributed by atoms with Crippen LogP contribution in [-0.2, 0) is 0 Å². The number of fused-ring (bicyclic) bond motifs is 1. The van der Waals surface area contributed by atoms with E-state index >= 15 is 0 Å². The van der Waals surface area contributed by atoms with E-state index in [9.17, 15) is 9.59 Å². The molecule has 0 saturated heterocycles. The van der Waals surface area contributed by atoms with Crippen molar-refractivity contribution in [3.05, 3.63) is 52.5 Å². The van der Waals surface area contributed by atoms with Gasteiger partial charge in [0.05, 0.1) is 5.56 Å². The molecule has 3 rings (SSSR count). The number of thiophene rings is 1. The first-order chi connectivity index (χ1) is 11.1. The quantitative estimate of drug-likeness (QED) is 0.644. The number of aromatic amines is 1. The van der Waals surface area contributed by atoms with Gasteiger partial charge in [0.1, 0.15) is 5.00 Å². The maximum Gasteiger partial charge on any atom is 0.319 e. The van der Waals surface area contributed by atoms with Crippen LogP contribution in [0.1, 0.15) is 21.6 Å². The lowest BCUT2D eigenvalue weighted by atomic mass is 10.1. The fourth-order valence-electron chi connectivity index (χ4n) is 2.34. The summed E-state index contributed by atoms with van der Waals surface area (Å²) >= 11 is 1.32. The van der Waals surface area contributed by atoms with E-state index in [1.165, 1.54) is 11.3 Å². The maximum absolute atomic E-state index is 11.9. The van der Waals surface area contributed by atoms with Gasteiger partial charge >= 0.3 is 6.03 Å². The molecule has 0 atom stereocenters. The van der Waals surface area contributed by atoms with E-state index in [1.54, 1.807) is 17.7 Å². The molecule has 0 unspecified atom stereocenters. The summed E-state index contributed by atoms with van der Waals surface area (Å²) in [4.78, 5) is 30.4. The Kier molecular flexibility index (Phi) is 3.94. The minimum Gasteiger partial charge on any atom is -0.358 e. The number of primary amides is 1. The van der Waals surface area contributed by atoms with Crippen LogP contribution >= 0.6 is 11.3 Å². The highest BCUT2D eigenvalue weighted by atomic mass is 32.1. The molecule has 3 aromatic rings. The molecule has 0 bridgehead atoms. The Morgan fingerprint density at radius 2 is 2.09 bits per heavy atom. The summed E-state index contributed by atoms with van der Waals surface area (Å²) in [6, 6.07) is 8.65. The number of rotatable bonds is 3. The molecule has 3 amide bonds. The van der Waals surface area contributed by atoms with Gasteiger partial charge in [0, 0.05) is 28.4 Å². The highest BCUT2D eigenvalue weighted by molar-refractivity contribution is 7.14. The SMILES string of the molecule is Cc1[nH]c2ccccc2c1C=Nc1sccc1C(=O)NC(N)=O. The number of carbonyl (C=O) groups excluding carboxylic acids is 2. The Bertz CT molecular complexity index is 923. The highest BCUT2D eigenvalue weighted by Gasteiger charge is 2.14. The zero-order valence-corrected chi connectivity index (χ0v) is 13.1. The normalized spacial score (nSPS) is 11.2. The molecular weight excluding hydrogens is 312 g/mol. The number of aliphatic imine (C=N–C) groups is 1. The Labute approximate surface area is 136 Å². The first-order valence-electron chi connectivity index (χ1n) is 6.86. The lowest BCUT2D eigenvalue weighted by molar-refractivity contribution is 0.0967. The van der Waals surface area contributed by atoms with Crippen molar-refractivity contribution in [1.29, 1.82) is 0 Å². The molecule has 0 spiro atoms. The summed E-state index contributed by atoms with van der Waals surface area (Å²) in [6.07, 6.45) is 1.72. The number of nitrogens with two attached hydrogens (primary N) is 1. The minimum absolute atomic E-state index is 0.322. The van der Waals surface area contributed by atoms with Gasteiger partial charge in [0.2, 0.25) is 0 Å². The van der Waals surface area contributed by atoms with Crippen molar-refractivity contribution in [3.63, 3.8) is 0 Å². The molecular formula is C16H14N4O2S. The van der Waals surface area contributed by atoms with Crippen LogP contribution in [0.4, 0.5) is 9.80 Å². The number of para-hydroxylation sites is 1. The number of imide groups is 1. The largest absolute Gasteiger partial charge is 0.358 e. The zero-order valence-electron chi connectivity index (χ0n) is 12.3. The first-order valence-corrected chi connectivity index (χ1v) is 7.74. The van der Waals surface area contributed by atoms with Crippen LogP contribution in [0.25, 0.3) is 10.9 Å². The van der Waals surface area contributed by atoms with Gasteiger partial charge in [0.15, 0.2) is 0 Å². The van der Waals surface area contributed by atoms with Gasteiger partial charge < -0.3 is 10.7 Å². The summed E-state index contributed by atoms with van der Waals surface area (Å²) in [5.74, 6) is -0.554. The molecule has 0 aliphatic heterocycles. The summed E-state index contributed by atoms with van der Waals surface area (Å²) in [5.41, 5.74) is 8.29. The number of amides is 3. The number of carbonyl (C=O) groups is 2. The summed E-state index contributed by atoms with van der Waals surface area (Å²) < 4.78 is 0. The van der Waals surface area contributed by atoms with E-state index in [0.29, 0.717) is 10.6 Å². The van der Waals surface area contributed by atoms with Crippen molar-refractivity contribution < 1.29 is 9.59 Å². The molecule has 0 aliphatic rings. The smallest absolute Gasteiger partial charge is 0.319 e. The third kappa shape index (κ3) is 3.00. The predicted octanol–water partition coefficient (Wildman–Crippen LogP) is 3.10. The summed E-state index contributed by atoms with van der Waals surface area (Å²) in [7, 11) is 0. The molecule has 0 saturated carbocycles. The van der Waals surface area contributed by atoms with Crippen LogP contribution in [0.15, 0.2) is 40.7 Å². The Hall–Kier alpha value is -2.93. The van der Waals surface area contributed by atoms with Crippen LogP contribution in [-0.4, -0.2) is 23.1 Å². The molecule has 2 aromatic heterocycles. The summed E-state index contributed by atoms with van der Waals surface area (Å²) in [6.45, 7) is 1.97. The minimum atomic E-state index is -0.886. The number of H-pyrrole nitrogens is 1. The van der Waals surface area contributed by atoms with Crippen molar-refractivity contribution in [1.82, 2.24) is 10.3 Å². The topological polar surface area (TPSA) is 100 Å². The van der Waals surface area contributed by atoms with Gasteiger partial charge in [-0.05, 0) is 24.4 Å². The number of urea groups is 1. The van der Waals surface area contributed by atoms with Crippen LogP contribution in [0.3, 0.4) is 0 Å². The van der Waals surface area contributed by atoms with Gasteiger partial charge in [-0.2, -0.15) is 0 Å². The number of aromatic nitrogens is 1. The lowest BCUT2D eigenvalue weighted by Crippen LogP contribution is -2.34. The lowest BCUT2D eigenvalue weighted by Gasteiger charge is -1.99. The van der Waals surface area contributed by atoms with Crippen LogP contribution in [0.2, 0.25) is 0 Å². The number of hydrogen-bond acceptors (Lipinski definition) is 4. The predicted molar refractivity (Wildman–Crippen MR) is 91.7 cm³/mol. The monoisotopic (exact) mass is 326 g/mol. The van der Waals surface area contributed by atoms with E-state index in [2.05, 4.69) is 9.98 Å². The van der Waals surface area contributed by atoms with Gasteiger partial charge in [0.25, 0.3) is 5.91 Å². The average Bonchev–Trinajstić information content (AvgIpc) is 3.08. The molecule has 0 radical (unpaired) electrons. The summed E-state index contributed by atoms with van der Waals surface area (Å²) in [5, 5.41) is 5.37. The van der Waals surface area contributed by atoms with E-state index in [-0.39, 0.29) is 0 Å². The molecule has 7 heteroatoms. The Balaban J connectivity index is 1.94. The van der Waals surface area contributed by atoms with E-state index in [1.807, 2.05) is 36.5 Å². The number of nitrogens with one attached hydrogen (secondary N) is 2. The number of hydrogen-bond donors (Lipinski definition) is 3. The zero-order chi connectivity index (χ0) is 16.4. The van der Waals surface area contributed by atoms with Gasteiger partial charge in [-0.15, -0.1) is 11.3 Å². The third-order valence-corrected chi connectivity index (χ3v) is 4.20. The van der Waals surface area contributed by atoms with Crippen LogP contribution < -0.4 is 11.1 Å². The fraction of sp³-hybridized carbons (Fsp3) is 0.0625. The maximum atomic E-state index is 11.9. The second-order valence-corrected chi connectivity index (χ2v) is 5.82. The van der Waals surface area contributed by atoms with Crippen LogP contribution in [0, 0.1) is 6.92 Å². The van der Waals surface area contributed by atoms with E-state index in [4.69, 9.17) is 5.73 Å². The molecule has 4 N–H and O–H groups in total. The second-order valence-electron chi connectivity index (χ2n) is 4.93. The first kappa shape index (κ1) is 15.0. The number of benzene rings is 1. The van der Waals surface area contributed by atoms with E-state index in [0.717, 1.165) is 22.2 Å². The van der Waals surface area contributed by atoms with Crippen LogP contribution in [0.5, 0.6) is 0 Å². The molecule has 116 valence electrons. The highest BCUT2D eigenvalue weighted by Crippen LogP contribution is 2.27. The Morgan fingerprint density at radius 1 is 1.30 bits per heavy atom. The Morgan fingerprint density at radius 3 is 2.87 bits per heavy atom. The fourth-order valence-corrected chi connectivity index (χ4v) is 3.08. The molecule has 2 heterocycles. The molecule has 0 fully saturated rings. The second kappa shape index (κ2) is 6.05. The molecule has 0 aliphatic carbocycles. The van der Waals surface area contributed by atoms with Crippen molar-refractivity contribution >= 4 is 45.4 Å². The van der Waals surface area contributed by atoms with E-state index < -0.39 is 11.9 Å². The van der Waals surface area contributed by atoms with Crippen molar-refractivity contribution in [2.24, 2.45) is 10.7 Å². The molecule has 6 nitrogen and oxygen atoms in total. The van der Waals surface area contributed by atoms with Crippen molar-refractivity contribution in [2.45, 2.75) is 6.92 Å². The molecule has 1 aromatic carbocycles. The number of nitrogens with zero attached hydrogens (tertiary/aromatic N) is 1. The standard InChI is InChI=1S/C16H14N4O2S/c1-9-12(10-4-2-3-5-13(10)19-9)8-18-15-11(6-7-23-15)14(21)20-16(17)22/h2-8,19H,1H3,(H3,17,20,21,22). The van der Waals surface area contributed by atoms with Crippen molar-refractivity contribution in [3.8, 4) is 0 Å². The average molecular weight is 326 g/mol. The van der Waals surface area contributed by atoms with Gasteiger partial charge in [-0.3, -0.25) is 10.1 Å². The van der Waals surface area contributed by atoms with Gasteiger partial charge in [-0.25, -0.2) is 9.79 Å². The van der Waals surface area contributed by atoms with Gasteiger partial charge in [-0.1, -0.05) is 18.2 Å². The third-order valence-electron chi connectivity index (χ3n) is 3.38. The molecule has 23 heavy (non-hydrogen) atoms. The van der Waals surface area contributed by atoms with Crippen molar-refractivity contribution in [2.75, 3.05) is 0 Å². The number of aryl methyl sites for hydroxylation is 1.